The zero-order valence-corrected chi connectivity index (χ0v) is 11.1. The molecule has 17 heavy (non-hydrogen) atoms. The van der Waals surface area contributed by atoms with Gasteiger partial charge in [-0.15, -0.1) is 11.3 Å². The van der Waals surface area contributed by atoms with Gasteiger partial charge in [0.2, 0.25) is 0 Å². The second-order valence-corrected chi connectivity index (χ2v) is 5.66. The molecule has 0 bridgehead atoms. The van der Waals surface area contributed by atoms with Crippen LogP contribution in [0.2, 0.25) is 0 Å². The summed E-state index contributed by atoms with van der Waals surface area (Å²) in [6, 6.07) is 4.39. The smallest absolute Gasteiger partial charge is 0.0736 e. The van der Waals surface area contributed by atoms with E-state index in [9.17, 15) is 0 Å². The van der Waals surface area contributed by atoms with Gasteiger partial charge in [0.15, 0.2) is 0 Å². The largest absolute Gasteiger partial charge is 0.396 e. The third-order valence-electron chi connectivity index (χ3n) is 2.77. The molecule has 90 valence electrons. The number of aromatic nitrogens is 1. The van der Waals surface area contributed by atoms with E-state index in [2.05, 4.69) is 37.1 Å². The Morgan fingerprint density at radius 1 is 1.41 bits per heavy atom. The summed E-state index contributed by atoms with van der Waals surface area (Å²) in [5.41, 5.74) is 8.83. The molecule has 0 saturated carbocycles. The van der Waals surface area contributed by atoms with Crippen LogP contribution in [-0.4, -0.2) is 4.98 Å². The fourth-order valence-corrected chi connectivity index (χ4v) is 2.95. The first kappa shape index (κ1) is 11.9. The average molecular weight is 247 g/mol. The number of pyridine rings is 1. The Morgan fingerprint density at radius 2 is 2.18 bits per heavy atom. The van der Waals surface area contributed by atoms with Crippen LogP contribution in [0.15, 0.2) is 24.5 Å². The number of hydrogen-bond donors (Lipinski definition) is 2. The summed E-state index contributed by atoms with van der Waals surface area (Å²) >= 11 is 1.83. The van der Waals surface area contributed by atoms with Crippen molar-refractivity contribution in [2.75, 3.05) is 11.1 Å². The van der Waals surface area contributed by atoms with E-state index >= 15 is 0 Å². The van der Waals surface area contributed by atoms with Crippen LogP contribution >= 0.6 is 11.3 Å². The van der Waals surface area contributed by atoms with Crippen molar-refractivity contribution >= 4 is 22.7 Å². The van der Waals surface area contributed by atoms with Gasteiger partial charge in [0.1, 0.15) is 0 Å². The lowest BCUT2D eigenvalue weighted by Gasteiger charge is -2.16. The van der Waals surface area contributed by atoms with E-state index in [4.69, 9.17) is 5.73 Å². The highest BCUT2D eigenvalue weighted by Gasteiger charge is 2.11. The maximum absolute atomic E-state index is 5.87. The Hall–Kier alpha value is -1.55. The number of anilines is 2. The lowest BCUT2D eigenvalue weighted by Crippen LogP contribution is -2.08. The molecule has 0 amide bonds. The van der Waals surface area contributed by atoms with Crippen molar-refractivity contribution in [3.8, 4) is 0 Å². The normalized spacial score (nSPS) is 12.4. The van der Waals surface area contributed by atoms with Crippen LogP contribution < -0.4 is 11.1 Å². The molecule has 0 radical (unpaired) electrons. The van der Waals surface area contributed by atoms with E-state index in [0.29, 0.717) is 5.69 Å². The number of thiophene rings is 1. The summed E-state index contributed by atoms with van der Waals surface area (Å²) < 4.78 is 0. The van der Waals surface area contributed by atoms with Crippen LogP contribution in [-0.2, 0) is 0 Å². The van der Waals surface area contributed by atoms with E-state index in [1.54, 1.807) is 12.4 Å². The fraction of sp³-hybridized carbons (Fsp3) is 0.308. The van der Waals surface area contributed by atoms with Crippen molar-refractivity contribution in [3.63, 3.8) is 0 Å². The van der Waals surface area contributed by atoms with Crippen molar-refractivity contribution in [1.82, 2.24) is 4.98 Å². The number of hydrogen-bond acceptors (Lipinski definition) is 4. The maximum Gasteiger partial charge on any atom is 0.0736 e. The second-order valence-electron chi connectivity index (χ2n) is 4.20. The minimum Gasteiger partial charge on any atom is -0.396 e. The molecule has 0 saturated heterocycles. The highest BCUT2D eigenvalue weighted by molar-refractivity contribution is 7.12. The molecule has 0 aliphatic heterocycles. The SMILES string of the molecule is Cc1cc(C(C)Nc2ccncc2N)c(C)s1. The van der Waals surface area contributed by atoms with Gasteiger partial charge in [0.05, 0.1) is 17.6 Å². The molecule has 2 aromatic heterocycles. The fourth-order valence-electron chi connectivity index (χ4n) is 1.93. The summed E-state index contributed by atoms with van der Waals surface area (Å²) in [5, 5.41) is 3.42. The predicted octanol–water partition coefficient (Wildman–Crippen LogP) is 3.52. The minimum atomic E-state index is 0.254. The van der Waals surface area contributed by atoms with Crippen LogP contribution in [0.1, 0.15) is 28.3 Å². The van der Waals surface area contributed by atoms with E-state index in [-0.39, 0.29) is 6.04 Å². The molecule has 4 heteroatoms. The molecular weight excluding hydrogens is 230 g/mol. The first-order valence-corrected chi connectivity index (χ1v) is 6.42. The Kier molecular flexibility index (Phi) is 3.33. The van der Waals surface area contributed by atoms with Crippen LogP contribution in [0.25, 0.3) is 0 Å². The Bertz CT molecular complexity index is 519. The third-order valence-corrected chi connectivity index (χ3v) is 3.75. The zero-order chi connectivity index (χ0) is 12.4. The van der Waals surface area contributed by atoms with Crippen molar-refractivity contribution in [2.24, 2.45) is 0 Å². The summed E-state index contributed by atoms with van der Waals surface area (Å²) in [4.78, 5) is 6.68. The van der Waals surface area contributed by atoms with Gasteiger partial charge in [0.25, 0.3) is 0 Å². The van der Waals surface area contributed by atoms with Crippen LogP contribution in [0.3, 0.4) is 0 Å². The third kappa shape index (κ3) is 2.58. The number of nitrogen functional groups attached to an aromatic ring is 1. The second kappa shape index (κ2) is 4.75. The number of nitrogens with zero attached hydrogens (tertiary/aromatic N) is 1. The van der Waals surface area contributed by atoms with E-state index in [1.165, 1.54) is 15.3 Å². The van der Waals surface area contributed by atoms with Crippen LogP contribution in [0.4, 0.5) is 11.4 Å². The molecule has 0 aromatic carbocycles. The number of rotatable bonds is 3. The van der Waals surface area contributed by atoms with Gasteiger partial charge in [-0.25, -0.2) is 0 Å². The summed E-state index contributed by atoms with van der Waals surface area (Å²) in [7, 11) is 0. The topological polar surface area (TPSA) is 50.9 Å². The van der Waals surface area contributed by atoms with Gasteiger partial charge in [0, 0.05) is 22.0 Å². The highest BCUT2D eigenvalue weighted by atomic mass is 32.1. The van der Waals surface area contributed by atoms with Gasteiger partial charge in [-0.1, -0.05) is 0 Å². The molecule has 0 aliphatic carbocycles. The number of nitrogens with two attached hydrogens (primary N) is 1. The Morgan fingerprint density at radius 3 is 2.76 bits per heavy atom. The standard InChI is InChI=1S/C13H17N3S/c1-8-6-11(10(3)17-8)9(2)16-13-4-5-15-7-12(13)14/h4-7,9H,14H2,1-3H3,(H,15,16). The van der Waals surface area contributed by atoms with E-state index in [1.807, 2.05) is 17.4 Å². The molecule has 2 aromatic rings. The maximum atomic E-state index is 5.87. The minimum absolute atomic E-state index is 0.254. The van der Waals surface area contributed by atoms with Crippen LogP contribution in [0.5, 0.6) is 0 Å². The van der Waals surface area contributed by atoms with E-state index in [0.717, 1.165) is 5.69 Å². The predicted molar refractivity (Wildman–Crippen MR) is 74.5 cm³/mol. The average Bonchev–Trinajstić information content (AvgIpc) is 2.61. The van der Waals surface area contributed by atoms with Crippen molar-refractivity contribution in [3.05, 3.63) is 39.8 Å². The lowest BCUT2D eigenvalue weighted by atomic mass is 10.1. The molecule has 0 spiro atoms. The summed E-state index contributed by atoms with van der Waals surface area (Å²) in [6.07, 6.45) is 3.41. The first-order chi connectivity index (χ1) is 8.08. The molecule has 3 N–H and O–H groups in total. The number of nitrogens with one attached hydrogen (secondary N) is 1. The van der Waals surface area contributed by atoms with Gasteiger partial charge in [-0.2, -0.15) is 0 Å². The van der Waals surface area contributed by atoms with Gasteiger partial charge in [-0.3, -0.25) is 4.98 Å². The molecule has 1 atom stereocenters. The zero-order valence-electron chi connectivity index (χ0n) is 10.3. The molecular formula is C13H17N3S. The molecule has 2 heterocycles. The first-order valence-electron chi connectivity index (χ1n) is 5.61. The monoisotopic (exact) mass is 247 g/mol. The van der Waals surface area contributed by atoms with Gasteiger partial charge < -0.3 is 11.1 Å². The molecule has 2 rings (SSSR count). The van der Waals surface area contributed by atoms with Crippen LogP contribution in [0, 0.1) is 13.8 Å². The summed E-state index contributed by atoms with van der Waals surface area (Å²) in [5.74, 6) is 0. The Balaban J connectivity index is 2.20. The van der Waals surface area contributed by atoms with Gasteiger partial charge >= 0.3 is 0 Å². The molecule has 3 nitrogen and oxygen atoms in total. The molecule has 0 fully saturated rings. The van der Waals surface area contributed by atoms with Gasteiger partial charge in [-0.05, 0) is 38.5 Å². The highest BCUT2D eigenvalue weighted by Crippen LogP contribution is 2.29. The summed E-state index contributed by atoms with van der Waals surface area (Å²) in [6.45, 7) is 6.43. The molecule has 1 unspecified atom stereocenters. The Labute approximate surface area is 106 Å². The quantitative estimate of drug-likeness (QED) is 0.872. The molecule has 0 aliphatic rings. The number of aryl methyl sites for hydroxylation is 2. The van der Waals surface area contributed by atoms with E-state index < -0.39 is 0 Å². The van der Waals surface area contributed by atoms with Crippen molar-refractivity contribution < 1.29 is 0 Å². The van der Waals surface area contributed by atoms with Crippen molar-refractivity contribution in [1.29, 1.82) is 0 Å². The van der Waals surface area contributed by atoms with Crippen molar-refractivity contribution in [2.45, 2.75) is 26.8 Å². The lowest BCUT2D eigenvalue weighted by molar-refractivity contribution is 0.882.